The van der Waals surface area contributed by atoms with E-state index in [1.54, 1.807) is 13.2 Å². The summed E-state index contributed by atoms with van der Waals surface area (Å²) in [7, 11) is 1.60. The Balaban J connectivity index is 2.45. The number of ether oxygens (including phenoxy) is 1. The predicted octanol–water partition coefficient (Wildman–Crippen LogP) is 1.48. The number of benzene rings is 1. The minimum Gasteiger partial charge on any atom is -0.383 e. The van der Waals surface area contributed by atoms with Crippen LogP contribution in [-0.2, 0) is 4.74 Å². The molecule has 18 heavy (non-hydrogen) atoms. The van der Waals surface area contributed by atoms with E-state index >= 15 is 0 Å². The van der Waals surface area contributed by atoms with Crippen molar-refractivity contribution in [3.8, 4) is 6.07 Å². The molecule has 0 radical (unpaired) electrons. The number of hydrogen-bond donors (Lipinski definition) is 2. The number of nitriles is 1. The van der Waals surface area contributed by atoms with E-state index in [2.05, 4.69) is 10.6 Å². The number of rotatable bonds is 7. The summed E-state index contributed by atoms with van der Waals surface area (Å²) in [5.41, 5.74) is -0.240. The van der Waals surface area contributed by atoms with Crippen LogP contribution in [0.1, 0.15) is 5.56 Å². The van der Waals surface area contributed by atoms with E-state index in [9.17, 15) is 8.78 Å². The molecule has 0 spiro atoms. The van der Waals surface area contributed by atoms with Gasteiger partial charge in [-0.05, 0) is 12.1 Å². The first-order chi connectivity index (χ1) is 8.69. The van der Waals surface area contributed by atoms with Crippen molar-refractivity contribution in [1.82, 2.24) is 5.32 Å². The smallest absolute Gasteiger partial charge is 0.150 e. The molecule has 0 amide bonds. The summed E-state index contributed by atoms with van der Waals surface area (Å²) in [5, 5.41) is 14.2. The number of hydrogen-bond acceptors (Lipinski definition) is 4. The molecule has 0 aromatic heterocycles. The standard InChI is InChI=1S/C12H15F2N3O/c1-18-5-4-16-2-3-17-12-10(13)6-9(8-15)7-11(12)14/h6-7,16-17H,2-5H2,1H3. The highest BCUT2D eigenvalue weighted by Crippen LogP contribution is 2.19. The lowest BCUT2D eigenvalue weighted by Gasteiger charge is -2.09. The molecule has 0 aliphatic heterocycles. The second kappa shape index (κ2) is 7.58. The maximum atomic E-state index is 13.4. The third kappa shape index (κ3) is 4.28. The largest absolute Gasteiger partial charge is 0.383 e. The van der Waals surface area contributed by atoms with Gasteiger partial charge in [0.05, 0.1) is 18.2 Å². The normalized spacial score (nSPS) is 10.1. The molecule has 0 saturated carbocycles. The molecule has 98 valence electrons. The Morgan fingerprint density at radius 3 is 2.44 bits per heavy atom. The van der Waals surface area contributed by atoms with Crippen molar-refractivity contribution in [1.29, 1.82) is 5.26 Å². The molecule has 0 heterocycles. The molecule has 0 bridgehead atoms. The van der Waals surface area contributed by atoms with Gasteiger partial charge in [-0.15, -0.1) is 0 Å². The summed E-state index contributed by atoms with van der Waals surface area (Å²) < 4.78 is 31.7. The average molecular weight is 255 g/mol. The van der Waals surface area contributed by atoms with Gasteiger partial charge in [0.15, 0.2) is 11.6 Å². The molecule has 1 rings (SSSR count). The van der Waals surface area contributed by atoms with Crippen LogP contribution in [0.3, 0.4) is 0 Å². The fourth-order valence-electron chi connectivity index (χ4n) is 1.38. The van der Waals surface area contributed by atoms with Crippen LogP contribution in [0, 0.1) is 23.0 Å². The van der Waals surface area contributed by atoms with Gasteiger partial charge in [0, 0.05) is 26.7 Å². The van der Waals surface area contributed by atoms with Gasteiger partial charge in [-0.3, -0.25) is 0 Å². The molecule has 0 aliphatic carbocycles. The van der Waals surface area contributed by atoms with Gasteiger partial charge in [-0.1, -0.05) is 0 Å². The zero-order chi connectivity index (χ0) is 13.4. The summed E-state index contributed by atoms with van der Waals surface area (Å²) in [4.78, 5) is 0. The predicted molar refractivity (Wildman–Crippen MR) is 64.3 cm³/mol. The van der Waals surface area contributed by atoms with Crippen molar-refractivity contribution in [2.45, 2.75) is 0 Å². The van der Waals surface area contributed by atoms with Gasteiger partial charge < -0.3 is 15.4 Å². The molecular weight excluding hydrogens is 240 g/mol. The van der Waals surface area contributed by atoms with E-state index in [1.807, 2.05) is 0 Å². The molecule has 0 unspecified atom stereocenters. The van der Waals surface area contributed by atoms with E-state index < -0.39 is 11.6 Å². The van der Waals surface area contributed by atoms with E-state index in [1.165, 1.54) is 0 Å². The third-order valence-electron chi connectivity index (χ3n) is 2.26. The van der Waals surface area contributed by atoms with E-state index in [-0.39, 0.29) is 11.3 Å². The monoisotopic (exact) mass is 255 g/mol. The Labute approximate surface area is 105 Å². The van der Waals surface area contributed by atoms with E-state index in [0.29, 0.717) is 26.2 Å². The fraction of sp³-hybridized carbons (Fsp3) is 0.417. The first-order valence-electron chi connectivity index (χ1n) is 5.51. The fourth-order valence-corrected chi connectivity index (χ4v) is 1.38. The molecule has 1 aromatic carbocycles. The van der Waals surface area contributed by atoms with Crippen LogP contribution in [0.4, 0.5) is 14.5 Å². The molecule has 0 saturated heterocycles. The van der Waals surface area contributed by atoms with Crippen LogP contribution in [-0.4, -0.2) is 33.4 Å². The number of methoxy groups -OCH3 is 1. The topological polar surface area (TPSA) is 57.1 Å². The van der Waals surface area contributed by atoms with Crippen molar-refractivity contribution in [3.05, 3.63) is 29.3 Å². The minimum absolute atomic E-state index is 0.0335. The number of anilines is 1. The third-order valence-corrected chi connectivity index (χ3v) is 2.26. The highest BCUT2D eigenvalue weighted by molar-refractivity contribution is 5.50. The van der Waals surface area contributed by atoms with E-state index in [0.717, 1.165) is 12.1 Å². The molecule has 2 N–H and O–H groups in total. The second-order valence-electron chi connectivity index (χ2n) is 3.60. The number of nitrogens with zero attached hydrogens (tertiary/aromatic N) is 1. The zero-order valence-corrected chi connectivity index (χ0v) is 10.1. The van der Waals surface area contributed by atoms with Crippen molar-refractivity contribution < 1.29 is 13.5 Å². The summed E-state index contributed by atoms with van der Waals surface area (Å²) in [5.74, 6) is -1.52. The molecule has 0 atom stereocenters. The molecular formula is C12H15F2N3O. The van der Waals surface area contributed by atoms with Crippen LogP contribution in [0.15, 0.2) is 12.1 Å². The first kappa shape index (κ1) is 14.4. The van der Waals surface area contributed by atoms with Crippen LogP contribution < -0.4 is 10.6 Å². The lowest BCUT2D eigenvalue weighted by atomic mass is 10.2. The molecule has 6 heteroatoms. The van der Waals surface area contributed by atoms with Crippen LogP contribution in [0.5, 0.6) is 0 Å². The summed E-state index contributed by atoms with van der Waals surface area (Å²) in [6.45, 7) is 2.20. The quantitative estimate of drug-likeness (QED) is 0.725. The molecule has 4 nitrogen and oxygen atoms in total. The molecule has 0 aliphatic rings. The summed E-state index contributed by atoms with van der Waals surface area (Å²) in [6, 6.07) is 3.70. The van der Waals surface area contributed by atoms with Gasteiger partial charge in [-0.25, -0.2) is 8.78 Å². The summed E-state index contributed by atoms with van der Waals surface area (Å²) in [6.07, 6.45) is 0. The van der Waals surface area contributed by atoms with Gasteiger partial charge in [0.2, 0.25) is 0 Å². The maximum Gasteiger partial charge on any atom is 0.150 e. The Bertz CT molecular complexity index is 409. The van der Waals surface area contributed by atoms with Crippen LogP contribution in [0.2, 0.25) is 0 Å². The Morgan fingerprint density at radius 2 is 1.89 bits per heavy atom. The maximum absolute atomic E-state index is 13.4. The molecule has 1 aromatic rings. The zero-order valence-electron chi connectivity index (χ0n) is 10.1. The van der Waals surface area contributed by atoms with E-state index in [4.69, 9.17) is 10.00 Å². The van der Waals surface area contributed by atoms with Crippen molar-refractivity contribution in [2.24, 2.45) is 0 Å². The van der Waals surface area contributed by atoms with Gasteiger partial charge in [0.25, 0.3) is 0 Å². The van der Waals surface area contributed by atoms with Crippen LogP contribution >= 0.6 is 0 Å². The van der Waals surface area contributed by atoms with Gasteiger partial charge >= 0.3 is 0 Å². The highest BCUT2D eigenvalue weighted by atomic mass is 19.1. The Morgan fingerprint density at radius 1 is 1.22 bits per heavy atom. The summed E-state index contributed by atoms with van der Waals surface area (Å²) >= 11 is 0. The number of nitrogens with one attached hydrogen (secondary N) is 2. The average Bonchev–Trinajstić information content (AvgIpc) is 2.35. The van der Waals surface area contributed by atoms with Gasteiger partial charge in [-0.2, -0.15) is 5.26 Å². The highest BCUT2D eigenvalue weighted by Gasteiger charge is 2.10. The first-order valence-corrected chi connectivity index (χ1v) is 5.51. The number of halogens is 2. The Kier molecular flexibility index (Phi) is 6.05. The van der Waals surface area contributed by atoms with Crippen molar-refractivity contribution >= 4 is 5.69 Å². The van der Waals surface area contributed by atoms with Crippen molar-refractivity contribution in [3.63, 3.8) is 0 Å². The SMILES string of the molecule is COCCNCCNc1c(F)cc(C#N)cc1F. The van der Waals surface area contributed by atoms with Crippen molar-refractivity contribution in [2.75, 3.05) is 38.7 Å². The molecule has 0 fully saturated rings. The van der Waals surface area contributed by atoms with Crippen LogP contribution in [0.25, 0.3) is 0 Å². The van der Waals surface area contributed by atoms with Gasteiger partial charge in [0.1, 0.15) is 5.69 Å². The minimum atomic E-state index is -0.761. The second-order valence-corrected chi connectivity index (χ2v) is 3.60. The Hall–Kier alpha value is -1.71. The lowest BCUT2D eigenvalue weighted by Crippen LogP contribution is -2.25. The lowest BCUT2D eigenvalue weighted by molar-refractivity contribution is 0.200.